The van der Waals surface area contributed by atoms with Gasteiger partial charge in [-0.1, -0.05) is 29.8 Å². The highest BCUT2D eigenvalue weighted by atomic mass is 35.5. The minimum absolute atomic E-state index is 0.0752. The molecule has 1 fully saturated rings. The van der Waals surface area contributed by atoms with Gasteiger partial charge in [0.25, 0.3) is 0 Å². The van der Waals surface area contributed by atoms with E-state index in [0.717, 1.165) is 31.5 Å². The van der Waals surface area contributed by atoms with Crippen LogP contribution in [0, 0.1) is 5.82 Å². The van der Waals surface area contributed by atoms with Crippen molar-refractivity contribution >= 4 is 11.6 Å². The van der Waals surface area contributed by atoms with Crippen LogP contribution in [0.4, 0.5) is 4.39 Å². The molecule has 2 aliphatic heterocycles. The highest BCUT2D eigenvalue weighted by molar-refractivity contribution is 6.30. The van der Waals surface area contributed by atoms with Gasteiger partial charge in [-0.2, -0.15) is 0 Å². The van der Waals surface area contributed by atoms with Crippen LogP contribution < -0.4 is 14.8 Å². The molecule has 1 saturated heterocycles. The second-order valence-electron chi connectivity index (χ2n) is 6.14. The molecule has 0 spiro atoms. The molecule has 2 heterocycles. The van der Waals surface area contributed by atoms with E-state index in [9.17, 15) is 4.39 Å². The highest BCUT2D eigenvalue weighted by Gasteiger charge is 2.29. The van der Waals surface area contributed by atoms with E-state index < -0.39 is 11.9 Å². The van der Waals surface area contributed by atoms with Gasteiger partial charge in [0.15, 0.2) is 17.6 Å². The lowest BCUT2D eigenvalue weighted by Crippen LogP contribution is -2.28. The Labute approximate surface area is 147 Å². The zero-order chi connectivity index (χ0) is 17.4. The Morgan fingerprint density at radius 3 is 2.79 bits per heavy atom. The van der Waals surface area contributed by atoms with E-state index >= 15 is 0 Å². The topological polar surface area (TPSA) is 30.5 Å². The Morgan fingerprint density at radius 2 is 2.00 bits per heavy atom. The number of hydrogen-bond donors (Lipinski definition) is 1. The number of ether oxygens (including phenoxy) is 2. The van der Waals surface area contributed by atoms with Gasteiger partial charge in [-0.3, -0.25) is 0 Å². The third-order valence-corrected chi connectivity index (χ3v) is 4.84. The molecule has 126 valence electrons. The van der Waals surface area contributed by atoms with Gasteiger partial charge in [0.2, 0.25) is 0 Å². The fourth-order valence-electron chi connectivity index (χ4n) is 3.35. The lowest BCUT2D eigenvalue weighted by Gasteiger charge is -2.31. The third-order valence-electron chi connectivity index (χ3n) is 4.60. The normalized spacial score (nSPS) is 24.5. The first kappa shape index (κ1) is 14.6. The molecule has 4 rings (SSSR count). The van der Waals surface area contributed by atoms with Crippen LogP contribution in [0.15, 0.2) is 36.4 Å². The third kappa shape index (κ3) is 2.96. The largest absolute Gasteiger partial charge is 0.485 e. The Hall–Kier alpha value is -1.78. The van der Waals surface area contributed by atoms with Crippen molar-refractivity contribution in [3.8, 4) is 11.5 Å². The summed E-state index contributed by atoms with van der Waals surface area (Å²) < 4.78 is 34.9. The van der Waals surface area contributed by atoms with Crippen LogP contribution in [0.5, 0.6) is 11.5 Å². The number of para-hydroxylation sites is 1. The number of nitrogens with one attached hydrogen (secondary N) is 1. The minimum atomic E-state index is -1.63. The van der Waals surface area contributed by atoms with Crippen molar-refractivity contribution in [1.29, 1.82) is 0 Å². The van der Waals surface area contributed by atoms with Crippen molar-refractivity contribution < 1.29 is 15.2 Å². The lowest BCUT2D eigenvalue weighted by atomic mass is 9.89. The maximum absolute atomic E-state index is 14.4. The molecule has 1 atom stereocenters. The molecule has 0 unspecified atom stereocenters. The molecular weight excluding hydrogens is 329 g/mol. The smallest absolute Gasteiger partial charge is 0.165 e. The summed E-state index contributed by atoms with van der Waals surface area (Å²) in [4.78, 5) is 0. The fourth-order valence-corrected chi connectivity index (χ4v) is 3.51. The molecule has 0 saturated carbocycles. The monoisotopic (exact) mass is 348 g/mol. The summed E-state index contributed by atoms with van der Waals surface area (Å²) in [5.74, 6) is 0.962. The van der Waals surface area contributed by atoms with Gasteiger partial charge in [0, 0.05) is 16.1 Å². The van der Waals surface area contributed by atoms with Crippen LogP contribution in [-0.4, -0.2) is 19.7 Å². The minimum Gasteiger partial charge on any atom is -0.485 e. The van der Waals surface area contributed by atoms with Crippen molar-refractivity contribution in [3.63, 3.8) is 0 Å². The Morgan fingerprint density at radius 1 is 1.17 bits per heavy atom. The van der Waals surface area contributed by atoms with Crippen molar-refractivity contribution in [2.45, 2.75) is 24.8 Å². The van der Waals surface area contributed by atoms with Crippen LogP contribution in [0.25, 0.3) is 0 Å². The first-order valence-electron chi connectivity index (χ1n) is 8.68. The predicted octanol–water partition coefficient (Wildman–Crippen LogP) is 4.46. The Balaban J connectivity index is 1.72. The second kappa shape index (κ2) is 6.61. The van der Waals surface area contributed by atoms with Crippen molar-refractivity contribution in [3.05, 3.63) is 58.4 Å². The highest BCUT2D eigenvalue weighted by Crippen LogP contribution is 2.44. The van der Waals surface area contributed by atoms with E-state index in [4.69, 9.17) is 22.4 Å². The summed E-state index contributed by atoms with van der Waals surface area (Å²) in [7, 11) is 0. The van der Waals surface area contributed by atoms with Gasteiger partial charge < -0.3 is 14.8 Å². The zero-order valence-corrected chi connectivity index (χ0v) is 13.9. The van der Waals surface area contributed by atoms with E-state index in [0.29, 0.717) is 17.4 Å². The van der Waals surface area contributed by atoms with E-state index in [1.54, 1.807) is 6.07 Å². The number of halogens is 2. The van der Waals surface area contributed by atoms with E-state index in [1.165, 1.54) is 12.1 Å². The quantitative estimate of drug-likeness (QED) is 0.869. The zero-order valence-electron chi connectivity index (χ0n) is 14.1. The van der Waals surface area contributed by atoms with Crippen LogP contribution in [0.2, 0.25) is 5.02 Å². The molecule has 2 aromatic carbocycles. The summed E-state index contributed by atoms with van der Waals surface area (Å²) in [6.07, 6.45) is 0.366. The lowest BCUT2D eigenvalue weighted by molar-refractivity contribution is 0.0864. The number of fused-ring (bicyclic) bond motifs is 1. The number of piperidine rings is 1. The SMILES string of the molecule is [2H][C@]1(c2ccc(Cl)cc2F)COc2cccc(C3CCNCC3)c2O1. The standard InChI is InChI=1S/C19H19ClFNO2/c20-13-4-5-15(16(21)10-13)18-11-23-17-3-1-2-14(19(17)24-18)12-6-8-22-9-7-12/h1-5,10,12,18,22H,6-9,11H2/t18-/m1/s1/i18D. The van der Waals surface area contributed by atoms with Crippen LogP contribution in [0.1, 0.15) is 37.3 Å². The molecule has 0 amide bonds. The number of hydrogen-bond acceptors (Lipinski definition) is 3. The molecule has 2 aromatic rings. The molecule has 0 aromatic heterocycles. The molecular formula is C19H19ClFNO2. The molecule has 24 heavy (non-hydrogen) atoms. The molecule has 2 aliphatic rings. The van der Waals surface area contributed by atoms with Crippen LogP contribution >= 0.6 is 11.6 Å². The summed E-state index contributed by atoms with van der Waals surface area (Å²) in [6, 6.07) is 10.0. The van der Waals surface area contributed by atoms with Crippen molar-refractivity contribution in [2.75, 3.05) is 19.7 Å². The van der Waals surface area contributed by atoms with Crippen LogP contribution in [0.3, 0.4) is 0 Å². The van der Waals surface area contributed by atoms with Gasteiger partial charge in [-0.25, -0.2) is 4.39 Å². The molecule has 0 radical (unpaired) electrons. The molecule has 1 N–H and O–H groups in total. The summed E-state index contributed by atoms with van der Waals surface area (Å²) in [5.41, 5.74) is 1.16. The Kier molecular flexibility index (Phi) is 4.01. The molecule has 3 nitrogen and oxygen atoms in total. The maximum Gasteiger partial charge on any atom is 0.165 e. The average Bonchev–Trinajstić information content (AvgIpc) is 2.61. The molecule has 0 bridgehead atoms. The van der Waals surface area contributed by atoms with E-state index in [-0.39, 0.29) is 17.2 Å². The molecule has 5 heteroatoms. The predicted molar refractivity (Wildman–Crippen MR) is 91.6 cm³/mol. The fraction of sp³-hybridized carbons (Fsp3) is 0.368. The Bertz CT molecular complexity index is 797. The van der Waals surface area contributed by atoms with Gasteiger partial charge in [-0.15, -0.1) is 0 Å². The van der Waals surface area contributed by atoms with Gasteiger partial charge in [0.05, 0.1) is 1.37 Å². The number of benzene rings is 2. The number of rotatable bonds is 2. The van der Waals surface area contributed by atoms with Crippen molar-refractivity contribution in [2.24, 2.45) is 0 Å². The average molecular weight is 349 g/mol. The summed E-state index contributed by atoms with van der Waals surface area (Å²) in [6.45, 7) is 1.83. The van der Waals surface area contributed by atoms with Gasteiger partial charge in [0.1, 0.15) is 12.4 Å². The maximum atomic E-state index is 14.4. The van der Waals surface area contributed by atoms with E-state index in [2.05, 4.69) is 5.32 Å². The van der Waals surface area contributed by atoms with E-state index in [1.807, 2.05) is 18.2 Å². The second-order valence-corrected chi connectivity index (χ2v) is 6.57. The van der Waals surface area contributed by atoms with Gasteiger partial charge in [-0.05, 0) is 50.0 Å². The first-order chi connectivity index (χ1) is 12.1. The van der Waals surface area contributed by atoms with Crippen LogP contribution in [-0.2, 0) is 0 Å². The van der Waals surface area contributed by atoms with Crippen molar-refractivity contribution in [1.82, 2.24) is 5.32 Å². The van der Waals surface area contributed by atoms with Gasteiger partial charge >= 0.3 is 0 Å². The first-order valence-corrected chi connectivity index (χ1v) is 8.55. The molecule has 0 aliphatic carbocycles. The summed E-state index contributed by atoms with van der Waals surface area (Å²) >= 11 is 5.83. The summed E-state index contributed by atoms with van der Waals surface area (Å²) in [5, 5.41) is 3.64.